The predicted octanol–water partition coefficient (Wildman–Crippen LogP) is 2.67. The van der Waals surface area contributed by atoms with Crippen LogP contribution >= 0.6 is 11.6 Å². The number of benzene rings is 1. The van der Waals surface area contributed by atoms with E-state index in [1.54, 1.807) is 23.1 Å². The smallest absolute Gasteiger partial charge is 0.269 e. The van der Waals surface area contributed by atoms with Crippen molar-refractivity contribution in [1.29, 1.82) is 0 Å². The molecule has 0 aliphatic heterocycles. The summed E-state index contributed by atoms with van der Waals surface area (Å²) in [5, 5.41) is 14.4. The fraction of sp³-hybridized carbons (Fsp3) is 0.188. The van der Waals surface area contributed by atoms with Crippen molar-refractivity contribution in [2.24, 2.45) is 0 Å². The topological polar surface area (TPSA) is 75.6 Å². The van der Waals surface area contributed by atoms with E-state index in [4.69, 9.17) is 11.6 Å². The molecule has 2 aromatic heterocycles. The van der Waals surface area contributed by atoms with E-state index in [0.29, 0.717) is 23.8 Å². The highest BCUT2D eigenvalue weighted by Crippen LogP contribution is 2.18. The van der Waals surface area contributed by atoms with Gasteiger partial charge in [0.25, 0.3) is 5.91 Å². The van der Waals surface area contributed by atoms with Crippen LogP contribution < -0.4 is 5.32 Å². The maximum Gasteiger partial charge on any atom is 0.269 e. The zero-order valence-corrected chi connectivity index (χ0v) is 13.3. The minimum absolute atomic E-state index is 0.200. The molecular formula is C16H16ClN5O. The summed E-state index contributed by atoms with van der Waals surface area (Å²) in [6.07, 6.45) is 3.27. The number of hydrogen-bond donors (Lipinski definition) is 2. The molecule has 7 heteroatoms. The molecule has 0 unspecified atom stereocenters. The average Bonchev–Trinajstić information content (AvgIpc) is 3.17. The number of amides is 1. The molecule has 118 valence electrons. The van der Waals surface area contributed by atoms with Gasteiger partial charge in [-0.2, -0.15) is 10.2 Å². The summed E-state index contributed by atoms with van der Waals surface area (Å²) >= 11 is 5.78. The maximum atomic E-state index is 12.1. The second kappa shape index (κ2) is 6.66. The number of carbonyl (C=O) groups is 1. The molecule has 3 rings (SSSR count). The van der Waals surface area contributed by atoms with Crippen molar-refractivity contribution in [3.8, 4) is 11.3 Å². The Morgan fingerprint density at radius 3 is 2.83 bits per heavy atom. The van der Waals surface area contributed by atoms with Gasteiger partial charge in [-0.3, -0.25) is 14.6 Å². The summed E-state index contributed by atoms with van der Waals surface area (Å²) in [4.78, 5) is 12.1. The lowest BCUT2D eigenvalue weighted by molar-refractivity contribution is 0.0947. The molecule has 0 bridgehead atoms. The molecule has 1 aromatic carbocycles. The highest BCUT2D eigenvalue weighted by atomic mass is 35.5. The fourth-order valence-corrected chi connectivity index (χ4v) is 2.31. The molecular weight excluding hydrogens is 314 g/mol. The largest absolute Gasteiger partial charge is 0.349 e. The van der Waals surface area contributed by atoms with E-state index >= 15 is 0 Å². The van der Waals surface area contributed by atoms with E-state index in [1.165, 1.54) is 5.56 Å². The second-order valence-corrected chi connectivity index (χ2v) is 5.65. The fourth-order valence-electron chi connectivity index (χ4n) is 2.15. The Morgan fingerprint density at radius 2 is 2.13 bits per heavy atom. The quantitative estimate of drug-likeness (QED) is 0.755. The van der Waals surface area contributed by atoms with E-state index in [1.807, 2.05) is 31.2 Å². The first-order chi connectivity index (χ1) is 11.1. The molecule has 0 spiro atoms. The molecule has 2 N–H and O–H groups in total. The molecule has 2 heterocycles. The first-order valence-corrected chi connectivity index (χ1v) is 7.58. The van der Waals surface area contributed by atoms with Gasteiger partial charge in [-0.05, 0) is 13.0 Å². The highest BCUT2D eigenvalue weighted by molar-refractivity contribution is 6.30. The SMILES string of the molecule is Cc1ccc(-c2cc(C(=O)NCCn3cc(Cl)cn3)[nH]n2)cc1. The van der Waals surface area contributed by atoms with Crippen LogP contribution in [0.4, 0.5) is 0 Å². The first kappa shape index (κ1) is 15.3. The van der Waals surface area contributed by atoms with Gasteiger partial charge in [-0.15, -0.1) is 0 Å². The predicted molar refractivity (Wildman–Crippen MR) is 88.3 cm³/mol. The summed E-state index contributed by atoms with van der Waals surface area (Å²) < 4.78 is 1.67. The van der Waals surface area contributed by atoms with Crippen molar-refractivity contribution >= 4 is 17.5 Å². The van der Waals surface area contributed by atoms with Crippen LogP contribution in [-0.4, -0.2) is 32.4 Å². The van der Waals surface area contributed by atoms with E-state index in [9.17, 15) is 4.79 Å². The number of aromatic nitrogens is 4. The van der Waals surface area contributed by atoms with Gasteiger partial charge < -0.3 is 5.32 Å². The zero-order valence-electron chi connectivity index (χ0n) is 12.6. The van der Waals surface area contributed by atoms with Crippen LogP contribution in [0.15, 0.2) is 42.7 Å². The van der Waals surface area contributed by atoms with Crippen molar-refractivity contribution < 1.29 is 4.79 Å². The molecule has 0 atom stereocenters. The Morgan fingerprint density at radius 1 is 1.35 bits per heavy atom. The van der Waals surface area contributed by atoms with Gasteiger partial charge in [-0.1, -0.05) is 41.4 Å². The van der Waals surface area contributed by atoms with Gasteiger partial charge in [-0.25, -0.2) is 0 Å². The Bertz CT molecular complexity index is 806. The van der Waals surface area contributed by atoms with E-state index < -0.39 is 0 Å². The van der Waals surface area contributed by atoms with Crippen LogP contribution in [-0.2, 0) is 6.54 Å². The van der Waals surface area contributed by atoms with Crippen molar-refractivity contribution in [1.82, 2.24) is 25.3 Å². The van der Waals surface area contributed by atoms with Gasteiger partial charge in [0, 0.05) is 18.3 Å². The summed E-state index contributed by atoms with van der Waals surface area (Å²) in [7, 11) is 0. The van der Waals surface area contributed by atoms with Crippen molar-refractivity contribution in [2.45, 2.75) is 13.5 Å². The molecule has 0 aliphatic carbocycles. The van der Waals surface area contributed by atoms with Gasteiger partial charge in [0.05, 0.1) is 23.5 Å². The third-order valence-corrected chi connectivity index (χ3v) is 3.59. The summed E-state index contributed by atoms with van der Waals surface area (Å²) in [5.41, 5.74) is 3.33. The molecule has 0 fully saturated rings. The second-order valence-electron chi connectivity index (χ2n) is 5.21. The molecule has 0 saturated heterocycles. The third-order valence-electron chi connectivity index (χ3n) is 3.40. The number of nitrogens with one attached hydrogen (secondary N) is 2. The number of carbonyl (C=O) groups excluding carboxylic acids is 1. The van der Waals surface area contributed by atoms with Crippen molar-refractivity contribution in [2.75, 3.05) is 6.54 Å². The Kier molecular flexibility index (Phi) is 4.43. The Labute approximate surface area is 138 Å². The van der Waals surface area contributed by atoms with Crippen LogP contribution in [0.1, 0.15) is 16.1 Å². The van der Waals surface area contributed by atoms with Gasteiger partial charge >= 0.3 is 0 Å². The average molecular weight is 330 g/mol. The number of halogens is 1. The molecule has 6 nitrogen and oxygen atoms in total. The van der Waals surface area contributed by atoms with Crippen LogP contribution in [0.2, 0.25) is 5.02 Å². The molecule has 0 aliphatic rings. The summed E-state index contributed by atoms with van der Waals surface area (Å²) in [6, 6.07) is 9.73. The van der Waals surface area contributed by atoms with Crippen molar-refractivity contribution in [3.05, 3.63) is 59.0 Å². The monoisotopic (exact) mass is 329 g/mol. The third kappa shape index (κ3) is 3.78. The van der Waals surface area contributed by atoms with Crippen molar-refractivity contribution in [3.63, 3.8) is 0 Å². The van der Waals surface area contributed by atoms with Crippen LogP contribution in [0.25, 0.3) is 11.3 Å². The number of aryl methyl sites for hydroxylation is 1. The lowest BCUT2D eigenvalue weighted by Crippen LogP contribution is -2.27. The normalized spacial score (nSPS) is 10.7. The van der Waals surface area contributed by atoms with Crippen LogP contribution in [0, 0.1) is 6.92 Å². The number of hydrogen-bond acceptors (Lipinski definition) is 3. The minimum atomic E-state index is -0.200. The van der Waals surface area contributed by atoms with E-state index in [-0.39, 0.29) is 5.91 Å². The number of nitrogens with zero attached hydrogens (tertiary/aromatic N) is 3. The Hall–Kier alpha value is -2.60. The lowest BCUT2D eigenvalue weighted by Gasteiger charge is -2.03. The van der Waals surface area contributed by atoms with Crippen LogP contribution in [0.5, 0.6) is 0 Å². The van der Waals surface area contributed by atoms with Gasteiger partial charge in [0.15, 0.2) is 0 Å². The van der Waals surface area contributed by atoms with E-state index in [2.05, 4.69) is 20.6 Å². The number of rotatable bonds is 5. The van der Waals surface area contributed by atoms with Gasteiger partial charge in [0.1, 0.15) is 5.69 Å². The number of aromatic amines is 1. The first-order valence-electron chi connectivity index (χ1n) is 7.20. The molecule has 3 aromatic rings. The Balaban J connectivity index is 1.58. The molecule has 0 radical (unpaired) electrons. The number of H-pyrrole nitrogens is 1. The highest BCUT2D eigenvalue weighted by Gasteiger charge is 2.10. The lowest BCUT2D eigenvalue weighted by atomic mass is 10.1. The summed E-state index contributed by atoms with van der Waals surface area (Å²) in [5.74, 6) is -0.200. The standard InChI is InChI=1S/C16H16ClN5O/c1-11-2-4-12(5-3-11)14-8-15(21-20-14)16(23)18-6-7-22-10-13(17)9-19-22/h2-5,8-10H,6-7H2,1H3,(H,18,23)(H,20,21). The van der Waals surface area contributed by atoms with Crippen LogP contribution in [0.3, 0.4) is 0 Å². The molecule has 23 heavy (non-hydrogen) atoms. The molecule has 0 saturated carbocycles. The summed E-state index contributed by atoms with van der Waals surface area (Å²) in [6.45, 7) is 3.03. The van der Waals surface area contributed by atoms with Gasteiger partial charge in [0.2, 0.25) is 0 Å². The molecule has 1 amide bonds. The minimum Gasteiger partial charge on any atom is -0.349 e. The maximum absolute atomic E-state index is 12.1. The van der Waals surface area contributed by atoms with E-state index in [0.717, 1.165) is 11.3 Å². The zero-order chi connectivity index (χ0) is 16.2.